The molecule has 1 unspecified atom stereocenters. The lowest BCUT2D eigenvalue weighted by Gasteiger charge is -2.08. The quantitative estimate of drug-likeness (QED) is 0.777. The lowest BCUT2D eigenvalue weighted by atomic mass is 10.1. The van der Waals surface area contributed by atoms with Crippen LogP contribution in [0.1, 0.15) is 58.9 Å². The van der Waals surface area contributed by atoms with Crippen molar-refractivity contribution in [2.75, 3.05) is 0 Å². The molecule has 1 atom stereocenters. The van der Waals surface area contributed by atoms with Crippen LogP contribution in [0.25, 0.3) is 0 Å². The van der Waals surface area contributed by atoms with E-state index in [-0.39, 0.29) is 5.69 Å². The number of aliphatic hydroxyl groups excluding tert-OH is 1. The summed E-state index contributed by atoms with van der Waals surface area (Å²) in [6, 6.07) is 0. The molecule has 1 aromatic heterocycles. The maximum Gasteiger partial charge on any atom is 0.355 e. The predicted octanol–water partition coefficient (Wildman–Crippen LogP) is 1.03. The number of carbonyl (C=O) groups is 1. The van der Waals surface area contributed by atoms with Crippen molar-refractivity contribution < 1.29 is 15.0 Å². The van der Waals surface area contributed by atoms with Crippen LogP contribution in [0.2, 0.25) is 0 Å². The highest BCUT2D eigenvalue weighted by molar-refractivity contribution is 5.87. The molecular weight excluding hydrogens is 208 g/mol. The van der Waals surface area contributed by atoms with Crippen LogP contribution in [0, 0.1) is 0 Å². The number of hydrogen-bond acceptors (Lipinski definition) is 4. The summed E-state index contributed by atoms with van der Waals surface area (Å²) in [5.41, 5.74) is 1.15. The number of aliphatic hydroxyl groups is 1. The molecule has 16 heavy (non-hydrogen) atoms. The Morgan fingerprint density at radius 2 is 2.00 bits per heavy atom. The fourth-order valence-corrected chi connectivity index (χ4v) is 2.18. The minimum atomic E-state index is -1.07. The Bertz CT molecular complexity index is 469. The molecule has 2 N–H and O–H groups in total. The number of nitrogens with zero attached hydrogens (tertiary/aromatic N) is 2. The second-order valence-electron chi connectivity index (χ2n) is 4.42. The van der Waals surface area contributed by atoms with E-state index in [0.717, 1.165) is 18.5 Å². The number of aryl methyl sites for hydroxylation is 1. The lowest BCUT2D eigenvalue weighted by Crippen LogP contribution is -2.12. The van der Waals surface area contributed by atoms with Crippen LogP contribution in [-0.2, 0) is 6.42 Å². The van der Waals surface area contributed by atoms with Crippen LogP contribution in [-0.4, -0.2) is 26.2 Å². The Morgan fingerprint density at radius 1 is 1.25 bits per heavy atom. The zero-order valence-corrected chi connectivity index (χ0v) is 8.68. The largest absolute Gasteiger partial charge is 0.476 e. The van der Waals surface area contributed by atoms with Crippen molar-refractivity contribution in [2.45, 2.75) is 37.7 Å². The summed E-state index contributed by atoms with van der Waals surface area (Å²) in [4.78, 5) is 19.6. The van der Waals surface area contributed by atoms with Gasteiger partial charge >= 0.3 is 5.97 Å². The smallest absolute Gasteiger partial charge is 0.355 e. The Kier molecular flexibility index (Phi) is 1.97. The highest BCUT2D eigenvalue weighted by atomic mass is 16.4. The first-order valence-electron chi connectivity index (χ1n) is 5.49. The maximum atomic E-state index is 11.1. The summed E-state index contributed by atoms with van der Waals surface area (Å²) >= 11 is 0. The first kappa shape index (κ1) is 9.72. The molecule has 1 heterocycles. The number of fused-ring (bicyclic) bond motifs is 1. The van der Waals surface area contributed by atoms with Crippen molar-refractivity contribution in [3.8, 4) is 0 Å². The van der Waals surface area contributed by atoms with E-state index >= 15 is 0 Å². The lowest BCUT2D eigenvalue weighted by molar-refractivity contribution is 0.0682. The van der Waals surface area contributed by atoms with Gasteiger partial charge in [0.15, 0.2) is 5.69 Å². The van der Waals surface area contributed by atoms with Crippen LogP contribution in [0.4, 0.5) is 0 Å². The van der Waals surface area contributed by atoms with Crippen LogP contribution in [0.3, 0.4) is 0 Å². The first-order chi connectivity index (χ1) is 7.66. The van der Waals surface area contributed by atoms with Crippen molar-refractivity contribution in [3.63, 3.8) is 0 Å². The van der Waals surface area contributed by atoms with E-state index in [0.29, 0.717) is 30.1 Å². The maximum absolute atomic E-state index is 11.1. The highest BCUT2D eigenvalue weighted by Gasteiger charge is 2.34. The van der Waals surface area contributed by atoms with E-state index in [4.69, 9.17) is 5.11 Å². The molecule has 0 aromatic carbocycles. The third-order valence-corrected chi connectivity index (χ3v) is 3.17. The molecule has 3 rings (SSSR count). The molecule has 0 amide bonds. The van der Waals surface area contributed by atoms with E-state index in [1.165, 1.54) is 0 Å². The second kappa shape index (κ2) is 3.25. The molecule has 0 radical (unpaired) electrons. The van der Waals surface area contributed by atoms with Crippen molar-refractivity contribution >= 4 is 5.97 Å². The monoisotopic (exact) mass is 220 g/mol. The van der Waals surface area contributed by atoms with Gasteiger partial charge in [0.25, 0.3) is 0 Å². The third kappa shape index (κ3) is 1.39. The number of aromatic carboxylic acids is 1. The van der Waals surface area contributed by atoms with E-state index in [2.05, 4.69) is 9.97 Å². The number of aromatic nitrogens is 2. The standard InChI is InChI=1S/C11H12N2O3/c14-7-4-3-6-8(7)9(11(15)16)13-10(12-6)5-1-2-5/h5,7,14H,1-4H2,(H,15,16). The summed E-state index contributed by atoms with van der Waals surface area (Å²) in [5, 5.41) is 18.8. The van der Waals surface area contributed by atoms with Gasteiger partial charge in [0.05, 0.1) is 11.8 Å². The average Bonchev–Trinajstić information content (AvgIpc) is 3.03. The van der Waals surface area contributed by atoms with E-state index < -0.39 is 12.1 Å². The molecule has 0 aliphatic heterocycles. The van der Waals surface area contributed by atoms with Gasteiger partial charge in [-0.25, -0.2) is 14.8 Å². The molecule has 1 aromatic rings. The molecule has 0 saturated heterocycles. The number of carboxylic acids is 1. The minimum absolute atomic E-state index is 0.00287. The molecule has 1 fully saturated rings. The van der Waals surface area contributed by atoms with Gasteiger partial charge in [-0.3, -0.25) is 0 Å². The Balaban J connectivity index is 2.16. The van der Waals surface area contributed by atoms with Gasteiger partial charge in [0, 0.05) is 11.5 Å². The van der Waals surface area contributed by atoms with E-state index in [1.807, 2.05) is 0 Å². The van der Waals surface area contributed by atoms with E-state index in [1.54, 1.807) is 0 Å². The summed E-state index contributed by atoms with van der Waals surface area (Å²) in [7, 11) is 0. The summed E-state index contributed by atoms with van der Waals surface area (Å²) in [5.74, 6) is -0.0899. The van der Waals surface area contributed by atoms with Gasteiger partial charge in [0.2, 0.25) is 0 Å². The van der Waals surface area contributed by atoms with Gasteiger partial charge in [0.1, 0.15) is 5.82 Å². The first-order valence-corrected chi connectivity index (χ1v) is 5.49. The van der Waals surface area contributed by atoms with Crippen LogP contribution < -0.4 is 0 Å². The zero-order valence-electron chi connectivity index (χ0n) is 8.68. The summed E-state index contributed by atoms with van der Waals surface area (Å²) in [6.07, 6.45) is 2.58. The van der Waals surface area contributed by atoms with Gasteiger partial charge in [-0.2, -0.15) is 0 Å². The second-order valence-corrected chi connectivity index (χ2v) is 4.42. The van der Waals surface area contributed by atoms with Crippen LogP contribution >= 0.6 is 0 Å². The Morgan fingerprint density at radius 3 is 2.62 bits per heavy atom. The molecule has 5 nitrogen and oxygen atoms in total. The molecule has 5 heteroatoms. The molecular formula is C11H12N2O3. The molecule has 1 saturated carbocycles. The minimum Gasteiger partial charge on any atom is -0.476 e. The van der Waals surface area contributed by atoms with Crippen molar-refractivity contribution in [1.29, 1.82) is 0 Å². The van der Waals surface area contributed by atoms with Crippen molar-refractivity contribution in [1.82, 2.24) is 9.97 Å². The van der Waals surface area contributed by atoms with Gasteiger partial charge in [-0.1, -0.05) is 0 Å². The molecule has 2 aliphatic carbocycles. The third-order valence-electron chi connectivity index (χ3n) is 3.17. The van der Waals surface area contributed by atoms with Gasteiger partial charge < -0.3 is 10.2 Å². The fourth-order valence-electron chi connectivity index (χ4n) is 2.18. The topological polar surface area (TPSA) is 83.3 Å². The van der Waals surface area contributed by atoms with E-state index in [9.17, 15) is 9.90 Å². The van der Waals surface area contributed by atoms with Crippen molar-refractivity contribution in [2.24, 2.45) is 0 Å². The molecule has 84 valence electrons. The highest BCUT2D eigenvalue weighted by Crippen LogP contribution is 2.40. The Labute approximate surface area is 92.2 Å². The number of carboxylic acid groups (broad SMARTS) is 1. The normalized spacial score (nSPS) is 23.2. The SMILES string of the molecule is O=C(O)c1nc(C2CC2)nc2c1C(O)CC2. The number of hydrogen-bond donors (Lipinski definition) is 2. The fraction of sp³-hybridized carbons (Fsp3) is 0.545. The van der Waals surface area contributed by atoms with Crippen molar-refractivity contribution in [3.05, 3.63) is 22.8 Å². The zero-order chi connectivity index (χ0) is 11.3. The summed E-state index contributed by atoms with van der Waals surface area (Å²) in [6.45, 7) is 0. The molecule has 0 bridgehead atoms. The van der Waals surface area contributed by atoms with Crippen LogP contribution in [0.5, 0.6) is 0 Å². The van der Waals surface area contributed by atoms with Crippen LogP contribution in [0.15, 0.2) is 0 Å². The summed E-state index contributed by atoms with van der Waals surface area (Å²) < 4.78 is 0. The molecule has 0 spiro atoms. The Hall–Kier alpha value is -1.49. The van der Waals surface area contributed by atoms with Gasteiger partial charge in [-0.15, -0.1) is 0 Å². The number of rotatable bonds is 2. The van der Waals surface area contributed by atoms with Gasteiger partial charge in [-0.05, 0) is 25.7 Å². The molecule has 2 aliphatic rings. The average molecular weight is 220 g/mol. The predicted molar refractivity (Wildman–Crippen MR) is 54.2 cm³/mol.